The molecule has 0 aliphatic heterocycles. The summed E-state index contributed by atoms with van der Waals surface area (Å²) >= 11 is 1.64. The monoisotopic (exact) mass is 431 g/mol. The van der Waals surface area contributed by atoms with Crippen LogP contribution in [0.2, 0.25) is 0 Å². The molecule has 1 amide bonds. The Balaban J connectivity index is 1.91. The number of amides is 1. The number of aliphatic imine (C=N–C) groups is 1. The van der Waals surface area contributed by atoms with Crippen molar-refractivity contribution in [1.82, 2.24) is 20.5 Å². The van der Waals surface area contributed by atoms with Crippen LogP contribution in [-0.4, -0.2) is 41.1 Å². The fourth-order valence-corrected chi connectivity index (χ4v) is 3.32. The van der Waals surface area contributed by atoms with Gasteiger partial charge in [-0.1, -0.05) is 24.3 Å². The second kappa shape index (κ2) is 11.0. The molecule has 30 heavy (non-hydrogen) atoms. The van der Waals surface area contributed by atoms with Gasteiger partial charge in [-0.3, -0.25) is 0 Å². The van der Waals surface area contributed by atoms with E-state index in [1.807, 2.05) is 64.4 Å². The zero-order chi connectivity index (χ0) is 22.1. The van der Waals surface area contributed by atoms with Gasteiger partial charge in [0.1, 0.15) is 5.60 Å². The van der Waals surface area contributed by atoms with Crippen LogP contribution in [0.1, 0.15) is 49.4 Å². The predicted molar refractivity (Wildman–Crippen MR) is 123 cm³/mol. The molecule has 2 N–H and O–H groups in total. The van der Waals surface area contributed by atoms with E-state index in [0.717, 1.165) is 29.3 Å². The van der Waals surface area contributed by atoms with Crippen molar-refractivity contribution in [3.63, 3.8) is 0 Å². The third-order valence-corrected chi connectivity index (χ3v) is 5.11. The Morgan fingerprint density at radius 2 is 1.87 bits per heavy atom. The fraction of sp³-hybridized carbons (Fsp3) is 0.500. The van der Waals surface area contributed by atoms with Gasteiger partial charge in [0.15, 0.2) is 5.96 Å². The number of aryl methyl sites for hydroxylation is 1. The SMILES string of the molecule is CCNC(=NCc1ccc(CN(C)C(=O)OC(C)(C)C)cc1)NCc1scnc1C. The van der Waals surface area contributed by atoms with Crippen LogP contribution >= 0.6 is 11.3 Å². The first-order valence-corrected chi connectivity index (χ1v) is 11.0. The maximum absolute atomic E-state index is 12.1. The first-order valence-electron chi connectivity index (χ1n) is 10.1. The summed E-state index contributed by atoms with van der Waals surface area (Å²) in [6.45, 7) is 12.2. The zero-order valence-electron chi connectivity index (χ0n) is 18.8. The number of hydrogen-bond acceptors (Lipinski definition) is 5. The highest BCUT2D eigenvalue weighted by atomic mass is 32.1. The molecule has 0 saturated carbocycles. The average Bonchev–Trinajstić information content (AvgIpc) is 3.08. The summed E-state index contributed by atoms with van der Waals surface area (Å²) in [5, 5.41) is 6.62. The van der Waals surface area contributed by atoms with E-state index < -0.39 is 5.60 Å². The van der Waals surface area contributed by atoms with Crippen molar-refractivity contribution < 1.29 is 9.53 Å². The summed E-state index contributed by atoms with van der Waals surface area (Å²) < 4.78 is 5.39. The number of carbonyl (C=O) groups excluding carboxylic acids is 1. The molecule has 1 aromatic heterocycles. The van der Waals surface area contributed by atoms with Crippen LogP contribution in [0, 0.1) is 6.92 Å². The van der Waals surface area contributed by atoms with E-state index in [4.69, 9.17) is 4.74 Å². The predicted octanol–water partition coefficient (Wildman–Crippen LogP) is 4.07. The molecule has 7 nitrogen and oxygen atoms in total. The van der Waals surface area contributed by atoms with Gasteiger partial charge in [-0.25, -0.2) is 14.8 Å². The number of carbonyl (C=O) groups is 1. The summed E-state index contributed by atoms with van der Waals surface area (Å²) in [7, 11) is 1.74. The Bertz CT molecular complexity index is 840. The van der Waals surface area contributed by atoms with Gasteiger partial charge in [0.2, 0.25) is 0 Å². The molecule has 1 aromatic carbocycles. The van der Waals surface area contributed by atoms with Crippen molar-refractivity contribution in [2.45, 2.75) is 59.9 Å². The zero-order valence-corrected chi connectivity index (χ0v) is 19.6. The normalized spacial score (nSPS) is 11.9. The number of rotatable bonds is 7. The molecule has 8 heteroatoms. The van der Waals surface area contributed by atoms with Crippen molar-refractivity contribution in [3.05, 3.63) is 51.5 Å². The highest BCUT2D eigenvalue weighted by Crippen LogP contribution is 2.13. The Morgan fingerprint density at radius 1 is 1.20 bits per heavy atom. The second-order valence-corrected chi connectivity index (χ2v) is 9.00. The van der Waals surface area contributed by atoms with Crippen molar-refractivity contribution in [3.8, 4) is 0 Å². The Labute approximate surface area is 183 Å². The standard InChI is InChI=1S/C22H33N5O2S/c1-7-23-20(25-13-19-16(2)26-15-30-19)24-12-17-8-10-18(11-9-17)14-27(6)21(28)29-22(3,4)5/h8-11,15H,7,12-14H2,1-6H3,(H2,23,24,25). The van der Waals surface area contributed by atoms with Gasteiger partial charge >= 0.3 is 6.09 Å². The van der Waals surface area contributed by atoms with Crippen LogP contribution in [0.3, 0.4) is 0 Å². The van der Waals surface area contributed by atoms with E-state index in [1.165, 1.54) is 4.88 Å². The Kier molecular flexibility index (Phi) is 8.65. The average molecular weight is 432 g/mol. The van der Waals surface area contributed by atoms with Crippen LogP contribution in [0.4, 0.5) is 4.79 Å². The lowest BCUT2D eigenvalue weighted by Crippen LogP contribution is -2.36. The second-order valence-electron chi connectivity index (χ2n) is 8.06. The molecule has 0 aliphatic carbocycles. The third-order valence-electron chi connectivity index (χ3n) is 4.17. The van der Waals surface area contributed by atoms with E-state index in [1.54, 1.807) is 23.3 Å². The Morgan fingerprint density at radius 3 is 2.43 bits per heavy atom. The quantitative estimate of drug-likeness (QED) is 0.510. The maximum Gasteiger partial charge on any atom is 0.410 e. The van der Waals surface area contributed by atoms with Crippen LogP contribution in [0.5, 0.6) is 0 Å². The molecule has 0 aliphatic rings. The molecular formula is C22H33N5O2S. The minimum atomic E-state index is -0.496. The van der Waals surface area contributed by atoms with E-state index in [9.17, 15) is 4.79 Å². The molecule has 0 radical (unpaired) electrons. The molecule has 0 saturated heterocycles. The van der Waals surface area contributed by atoms with E-state index in [-0.39, 0.29) is 6.09 Å². The molecule has 0 atom stereocenters. The third kappa shape index (κ3) is 8.02. The number of guanidine groups is 1. The van der Waals surface area contributed by atoms with Crippen molar-refractivity contribution in [2.75, 3.05) is 13.6 Å². The molecule has 0 spiro atoms. The summed E-state index contributed by atoms with van der Waals surface area (Å²) in [5.41, 5.74) is 4.56. The van der Waals surface area contributed by atoms with E-state index in [2.05, 4.69) is 20.6 Å². The van der Waals surface area contributed by atoms with Crippen LogP contribution < -0.4 is 10.6 Å². The van der Waals surface area contributed by atoms with E-state index in [0.29, 0.717) is 19.6 Å². The number of hydrogen-bond donors (Lipinski definition) is 2. The van der Waals surface area contributed by atoms with E-state index >= 15 is 0 Å². The lowest BCUT2D eigenvalue weighted by Gasteiger charge is -2.24. The lowest BCUT2D eigenvalue weighted by molar-refractivity contribution is 0.0285. The number of aromatic nitrogens is 1. The van der Waals surface area contributed by atoms with Crippen LogP contribution in [-0.2, 0) is 24.4 Å². The van der Waals surface area contributed by atoms with Crippen molar-refractivity contribution in [1.29, 1.82) is 0 Å². The summed E-state index contributed by atoms with van der Waals surface area (Å²) in [4.78, 5) is 23.8. The van der Waals surface area contributed by atoms with Gasteiger partial charge in [-0.15, -0.1) is 11.3 Å². The van der Waals surface area contributed by atoms with Gasteiger partial charge in [0.25, 0.3) is 0 Å². The van der Waals surface area contributed by atoms with Gasteiger partial charge in [-0.2, -0.15) is 0 Å². The molecular weight excluding hydrogens is 398 g/mol. The number of nitrogens with zero attached hydrogens (tertiary/aromatic N) is 3. The van der Waals surface area contributed by atoms with Crippen molar-refractivity contribution >= 4 is 23.4 Å². The largest absolute Gasteiger partial charge is 0.444 e. The molecule has 164 valence electrons. The fourth-order valence-electron chi connectivity index (χ4n) is 2.60. The van der Waals surface area contributed by atoms with Gasteiger partial charge < -0.3 is 20.3 Å². The summed E-state index contributed by atoms with van der Waals surface area (Å²) in [6, 6.07) is 8.12. The number of nitrogens with one attached hydrogen (secondary N) is 2. The first kappa shape index (κ1) is 23.7. The molecule has 1 heterocycles. The van der Waals surface area contributed by atoms with Crippen LogP contribution in [0.15, 0.2) is 34.8 Å². The van der Waals surface area contributed by atoms with Crippen molar-refractivity contribution in [2.24, 2.45) is 4.99 Å². The van der Waals surface area contributed by atoms with Gasteiger partial charge in [0, 0.05) is 25.0 Å². The maximum atomic E-state index is 12.1. The summed E-state index contributed by atoms with van der Waals surface area (Å²) in [6.07, 6.45) is -0.325. The Hall–Kier alpha value is -2.61. The first-order chi connectivity index (χ1) is 14.2. The number of benzene rings is 1. The van der Waals surface area contributed by atoms with Crippen LogP contribution in [0.25, 0.3) is 0 Å². The summed E-state index contributed by atoms with van der Waals surface area (Å²) in [5.74, 6) is 0.777. The molecule has 2 rings (SSSR count). The molecule has 0 fully saturated rings. The molecule has 0 unspecified atom stereocenters. The van der Waals surface area contributed by atoms with Gasteiger partial charge in [0.05, 0.1) is 24.3 Å². The minimum absolute atomic E-state index is 0.325. The molecule has 0 bridgehead atoms. The highest BCUT2D eigenvalue weighted by Gasteiger charge is 2.19. The number of ether oxygens (including phenoxy) is 1. The lowest BCUT2D eigenvalue weighted by atomic mass is 10.1. The van der Waals surface area contributed by atoms with Gasteiger partial charge in [-0.05, 0) is 45.7 Å². The highest BCUT2D eigenvalue weighted by molar-refractivity contribution is 7.09. The molecule has 2 aromatic rings. The smallest absolute Gasteiger partial charge is 0.410 e. The minimum Gasteiger partial charge on any atom is -0.444 e. The number of thiazole rings is 1. The topological polar surface area (TPSA) is 78.9 Å².